The molecule has 2 aliphatic rings. The lowest BCUT2D eigenvalue weighted by Gasteiger charge is -2.30. The molecule has 2 amide bonds. The van der Waals surface area contributed by atoms with E-state index in [9.17, 15) is 33.0 Å². The zero-order chi connectivity index (χ0) is 32.4. The van der Waals surface area contributed by atoms with Gasteiger partial charge < -0.3 is 20.8 Å². The van der Waals surface area contributed by atoms with Crippen LogP contribution in [0, 0.1) is 0 Å². The van der Waals surface area contributed by atoms with Gasteiger partial charge in [-0.15, -0.1) is 0 Å². The van der Waals surface area contributed by atoms with Gasteiger partial charge in [-0.2, -0.15) is 0 Å². The van der Waals surface area contributed by atoms with Gasteiger partial charge in [0.2, 0.25) is 0 Å². The number of nitrogens with one attached hydrogen (secondary N) is 2. The smallest absolute Gasteiger partial charge is 0.251 e. The Morgan fingerprint density at radius 2 is 1.63 bits per heavy atom. The van der Waals surface area contributed by atoms with Gasteiger partial charge in [-0.3, -0.25) is 24.3 Å². The van der Waals surface area contributed by atoms with E-state index in [2.05, 4.69) is 15.6 Å². The Bertz CT molecular complexity index is 1940. The van der Waals surface area contributed by atoms with E-state index >= 15 is 0 Å². The molecule has 0 saturated heterocycles. The number of aromatic nitrogens is 1. The fraction of sp³-hybridized carbons (Fsp3) is 0.176. The number of rotatable bonds is 9. The molecule has 0 aliphatic carbocycles. The summed E-state index contributed by atoms with van der Waals surface area (Å²) in [4.78, 5) is 45.9. The second-order valence-corrected chi connectivity index (χ2v) is 13.2. The van der Waals surface area contributed by atoms with Crippen molar-refractivity contribution in [1.82, 2.24) is 20.5 Å². The van der Waals surface area contributed by atoms with Gasteiger partial charge >= 0.3 is 0 Å². The summed E-state index contributed by atoms with van der Waals surface area (Å²) in [6, 6.07) is 24.0. The highest BCUT2D eigenvalue weighted by Crippen LogP contribution is 2.36. The van der Waals surface area contributed by atoms with Gasteiger partial charge in [0.1, 0.15) is 28.6 Å². The normalized spacial score (nSPS) is 16.6. The molecule has 4 aromatic rings. The standard InChI is InChI=1S/C34H30N4O7S/c39-25-14-8-21(9-15-25)17-27(37-33(42)24-12-10-23(11-13-24)22-5-2-1-3-6-22)34(43)38-31(18-26-32(38)30(41)19-36-26)46(44,45)20-28-29(40)7-4-16-35-28/h1-16,27,31,36,39-40H,17-20H2,(H,37,42). The second kappa shape index (κ2) is 12.5. The Balaban J connectivity index is 1.32. The summed E-state index contributed by atoms with van der Waals surface area (Å²) in [5.41, 5.74) is 2.90. The molecule has 0 saturated carbocycles. The molecule has 2 atom stereocenters. The number of pyridine rings is 1. The number of sulfone groups is 1. The highest BCUT2D eigenvalue weighted by molar-refractivity contribution is 7.91. The predicted octanol–water partition coefficient (Wildman–Crippen LogP) is 3.06. The van der Waals surface area contributed by atoms with Gasteiger partial charge in [0.25, 0.3) is 11.8 Å². The summed E-state index contributed by atoms with van der Waals surface area (Å²) < 4.78 is 27.6. The van der Waals surface area contributed by atoms with E-state index in [4.69, 9.17) is 0 Å². The first-order valence-electron chi connectivity index (χ1n) is 14.5. The predicted molar refractivity (Wildman–Crippen MR) is 169 cm³/mol. The first kappa shape index (κ1) is 30.5. The third-order valence-corrected chi connectivity index (χ3v) is 9.89. The van der Waals surface area contributed by atoms with Crippen molar-refractivity contribution in [3.63, 3.8) is 0 Å². The number of ketones is 1. The summed E-state index contributed by atoms with van der Waals surface area (Å²) in [7, 11) is -4.22. The summed E-state index contributed by atoms with van der Waals surface area (Å²) in [5, 5.41) is 24.2. The fourth-order valence-electron chi connectivity index (χ4n) is 5.67. The largest absolute Gasteiger partial charge is 0.508 e. The SMILES string of the molecule is O=C1CNC2=C1N(C(=O)C(Cc1ccc(O)cc1)NC(=O)c1ccc(-c3ccccc3)cc1)C(S(=O)(=O)Cc1ncccc1O)C2. The average molecular weight is 639 g/mol. The maximum Gasteiger partial charge on any atom is 0.251 e. The lowest BCUT2D eigenvalue weighted by Crippen LogP contribution is -2.53. The van der Waals surface area contributed by atoms with E-state index in [1.165, 1.54) is 30.5 Å². The van der Waals surface area contributed by atoms with Gasteiger partial charge in [-0.05, 0) is 53.1 Å². The molecule has 1 aromatic heterocycles. The Morgan fingerprint density at radius 1 is 0.935 bits per heavy atom. The minimum atomic E-state index is -4.22. The molecule has 3 aromatic carbocycles. The Labute approximate surface area is 265 Å². The number of nitrogens with zero attached hydrogens (tertiary/aromatic N) is 2. The lowest BCUT2D eigenvalue weighted by atomic mass is 10.0. The highest BCUT2D eigenvalue weighted by Gasteiger charge is 2.49. The van der Waals surface area contributed by atoms with Crippen LogP contribution >= 0.6 is 0 Å². The number of carbonyl (C=O) groups is 3. The monoisotopic (exact) mass is 638 g/mol. The van der Waals surface area contributed by atoms with Gasteiger partial charge in [-0.1, -0.05) is 54.6 Å². The van der Waals surface area contributed by atoms with Crippen LogP contribution in [0.2, 0.25) is 0 Å². The van der Waals surface area contributed by atoms with E-state index < -0.39 is 44.6 Å². The quantitative estimate of drug-likeness (QED) is 0.216. The van der Waals surface area contributed by atoms with Gasteiger partial charge in [-0.25, -0.2) is 8.42 Å². The van der Waals surface area contributed by atoms with Crippen molar-refractivity contribution in [1.29, 1.82) is 0 Å². The minimum Gasteiger partial charge on any atom is -0.508 e. The lowest BCUT2D eigenvalue weighted by molar-refractivity contribution is -0.133. The van der Waals surface area contributed by atoms with Crippen LogP contribution in [0.5, 0.6) is 11.5 Å². The van der Waals surface area contributed by atoms with Crippen molar-refractivity contribution in [2.45, 2.75) is 30.0 Å². The molecule has 0 spiro atoms. The highest BCUT2D eigenvalue weighted by atomic mass is 32.2. The number of hydrogen-bond acceptors (Lipinski definition) is 9. The maximum absolute atomic E-state index is 14.4. The van der Waals surface area contributed by atoms with Gasteiger partial charge in [0, 0.05) is 30.3 Å². The number of phenolic OH excluding ortho intramolecular Hbond substituents is 1. The van der Waals surface area contributed by atoms with E-state index in [-0.39, 0.29) is 47.8 Å². The van der Waals surface area contributed by atoms with Crippen LogP contribution in [-0.2, 0) is 31.6 Å². The molecule has 234 valence electrons. The minimum absolute atomic E-state index is 0.00932. The third-order valence-electron chi connectivity index (χ3n) is 8.01. The van der Waals surface area contributed by atoms with E-state index in [0.29, 0.717) is 11.3 Å². The van der Waals surface area contributed by atoms with Crippen LogP contribution in [0.15, 0.2) is 109 Å². The van der Waals surface area contributed by atoms with E-state index in [1.807, 2.05) is 30.3 Å². The van der Waals surface area contributed by atoms with Crippen LogP contribution in [0.1, 0.15) is 28.0 Å². The molecule has 4 N–H and O–H groups in total. The molecular formula is C34H30N4O7S. The van der Waals surface area contributed by atoms with Gasteiger partial charge in [0.15, 0.2) is 15.6 Å². The summed E-state index contributed by atoms with van der Waals surface area (Å²) >= 11 is 0. The molecule has 12 heteroatoms. The van der Waals surface area contributed by atoms with Crippen LogP contribution in [0.4, 0.5) is 0 Å². The zero-order valence-corrected chi connectivity index (χ0v) is 25.3. The molecular weight excluding hydrogens is 608 g/mol. The molecule has 2 aliphatic heterocycles. The van der Waals surface area contributed by atoms with E-state index in [0.717, 1.165) is 16.0 Å². The van der Waals surface area contributed by atoms with Crippen molar-refractivity contribution >= 4 is 27.4 Å². The van der Waals surface area contributed by atoms with Crippen LogP contribution < -0.4 is 10.6 Å². The number of phenols is 1. The number of Topliss-reactive ketones (excluding diaryl/α,β-unsaturated/α-hetero) is 1. The number of hydrogen-bond donors (Lipinski definition) is 4. The molecule has 0 bridgehead atoms. The topological polar surface area (TPSA) is 166 Å². The third kappa shape index (κ3) is 6.20. The number of amides is 2. The molecule has 0 fully saturated rings. The first-order chi connectivity index (χ1) is 22.1. The van der Waals surface area contributed by atoms with Crippen molar-refractivity contribution in [3.05, 3.63) is 125 Å². The van der Waals surface area contributed by atoms with Crippen molar-refractivity contribution in [3.8, 4) is 22.6 Å². The Kier molecular flexibility index (Phi) is 8.29. The van der Waals surface area contributed by atoms with Crippen molar-refractivity contribution < 1.29 is 33.0 Å². The summed E-state index contributed by atoms with van der Waals surface area (Å²) in [5.74, 6) is -2.79. The van der Waals surface area contributed by atoms with Crippen molar-refractivity contribution in [2.24, 2.45) is 0 Å². The number of carbonyl (C=O) groups excluding carboxylic acids is 3. The molecule has 6 rings (SSSR count). The molecule has 2 unspecified atom stereocenters. The molecule has 11 nitrogen and oxygen atoms in total. The molecule has 0 radical (unpaired) electrons. The Hall–Kier alpha value is -5.49. The fourth-order valence-corrected chi connectivity index (χ4v) is 7.42. The van der Waals surface area contributed by atoms with Crippen LogP contribution in [0.25, 0.3) is 11.1 Å². The summed E-state index contributed by atoms with van der Waals surface area (Å²) in [6.45, 7) is -0.0923. The molecule has 46 heavy (non-hydrogen) atoms. The maximum atomic E-state index is 14.4. The Morgan fingerprint density at radius 3 is 2.33 bits per heavy atom. The van der Waals surface area contributed by atoms with Crippen molar-refractivity contribution in [2.75, 3.05) is 6.54 Å². The van der Waals surface area contributed by atoms with Crippen LogP contribution in [0.3, 0.4) is 0 Å². The molecule has 3 heterocycles. The van der Waals surface area contributed by atoms with Gasteiger partial charge in [0.05, 0.1) is 18.0 Å². The number of aromatic hydroxyl groups is 2. The second-order valence-electron chi connectivity index (χ2n) is 11.1. The zero-order valence-electron chi connectivity index (χ0n) is 24.5. The van der Waals surface area contributed by atoms with Crippen LogP contribution in [-0.4, -0.2) is 64.1 Å². The first-order valence-corrected chi connectivity index (χ1v) is 16.2. The summed E-state index contributed by atoms with van der Waals surface area (Å²) in [6.07, 6.45) is 1.13. The number of benzene rings is 3. The van der Waals surface area contributed by atoms with E-state index in [1.54, 1.807) is 36.4 Å². The average Bonchev–Trinajstić information content (AvgIpc) is 3.63.